The van der Waals surface area contributed by atoms with Gasteiger partial charge in [0.05, 0.1) is 34.4 Å². The molecule has 8 heteroatoms. The normalized spacial score (nSPS) is 17.1. The number of azo groups is 2. The van der Waals surface area contributed by atoms with Crippen molar-refractivity contribution in [1.29, 1.82) is 10.5 Å². The summed E-state index contributed by atoms with van der Waals surface area (Å²) < 4.78 is 10.7. The van der Waals surface area contributed by atoms with E-state index in [1.165, 1.54) is 0 Å². The van der Waals surface area contributed by atoms with Crippen LogP contribution in [0.5, 0.6) is 0 Å². The summed E-state index contributed by atoms with van der Waals surface area (Å²) >= 11 is 0. The smallest absolute Gasteiger partial charge is 0.167 e. The van der Waals surface area contributed by atoms with Gasteiger partial charge in [0.1, 0.15) is 0 Å². The summed E-state index contributed by atoms with van der Waals surface area (Å²) in [4.78, 5) is 0. The van der Waals surface area contributed by atoms with Crippen molar-refractivity contribution in [3.05, 3.63) is 0 Å². The van der Waals surface area contributed by atoms with Crippen molar-refractivity contribution in [2.45, 2.75) is 129 Å². The Balaban J connectivity index is 0. The summed E-state index contributed by atoms with van der Waals surface area (Å²) in [7, 11) is 3.19. The zero-order valence-corrected chi connectivity index (χ0v) is 22.9. The largest absolute Gasteiger partial charge is 0.379 e. The van der Waals surface area contributed by atoms with Gasteiger partial charge in [-0.05, 0) is 83.1 Å². The van der Waals surface area contributed by atoms with Gasteiger partial charge < -0.3 is 9.47 Å². The molecule has 32 heavy (non-hydrogen) atoms. The molecule has 0 aliphatic heterocycles. The number of nitriles is 2. The molecule has 0 N–H and O–H groups in total. The average molecular weight is 451 g/mol. The van der Waals surface area contributed by atoms with E-state index in [9.17, 15) is 10.5 Å². The van der Waals surface area contributed by atoms with E-state index < -0.39 is 22.3 Å². The molecule has 0 saturated heterocycles. The monoisotopic (exact) mass is 450 g/mol. The second kappa shape index (κ2) is 11.8. The van der Waals surface area contributed by atoms with Gasteiger partial charge in [0, 0.05) is 27.1 Å². The molecule has 0 aliphatic carbocycles. The third-order valence-corrected chi connectivity index (χ3v) is 4.27. The fourth-order valence-electron chi connectivity index (χ4n) is 2.52. The van der Waals surface area contributed by atoms with Crippen LogP contribution in [0.15, 0.2) is 20.5 Å². The molecule has 2 unspecified atom stereocenters. The fraction of sp³-hybridized carbons (Fsp3) is 0.917. The highest BCUT2D eigenvalue weighted by Crippen LogP contribution is 2.30. The first kappa shape index (κ1) is 32.3. The third-order valence-electron chi connectivity index (χ3n) is 4.27. The van der Waals surface area contributed by atoms with Crippen LogP contribution in [0.3, 0.4) is 0 Å². The lowest BCUT2D eigenvalue weighted by Gasteiger charge is -2.31. The maximum Gasteiger partial charge on any atom is 0.167 e. The van der Waals surface area contributed by atoms with Crippen LogP contribution in [-0.2, 0) is 9.47 Å². The highest BCUT2D eigenvalue weighted by molar-refractivity contribution is 5.10. The van der Waals surface area contributed by atoms with Crippen molar-refractivity contribution in [2.75, 3.05) is 14.2 Å². The van der Waals surface area contributed by atoms with Gasteiger partial charge in [-0.25, -0.2) is 0 Å². The quantitative estimate of drug-likeness (QED) is 0.384. The predicted molar refractivity (Wildman–Crippen MR) is 129 cm³/mol. The Kier molecular flexibility index (Phi) is 11.9. The van der Waals surface area contributed by atoms with E-state index in [0.29, 0.717) is 12.8 Å². The van der Waals surface area contributed by atoms with Crippen LogP contribution in [0.2, 0.25) is 0 Å². The molecule has 0 radical (unpaired) electrons. The lowest BCUT2D eigenvalue weighted by molar-refractivity contribution is 0.000704. The molecule has 0 aromatic rings. The van der Waals surface area contributed by atoms with Crippen LogP contribution >= 0.6 is 0 Å². The van der Waals surface area contributed by atoms with E-state index >= 15 is 0 Å². The maximum absolute atomic E-state index is 9.43. The second-order valence-electron chi connectivity index (χ2n) is 11.8. The number of rotatable bonds is 8. The zero-order chi connectivity index (χ0) is 26.1. The molecule has 0 aromatic heterocycles. The van der Waals surface area contributed by atoms with Crippen LogP contribution in [-0.4, -0.2) is 47.6 Å². The molecule has 0 aromatic carbocycles. The van der Waals surface area contributed by atoms with Crippen LogP contribution in [0.4, 0.5) is 0 Å². The molecule has 0 fully saturated rings. The van der Waals surface area contributed by atoms with Gasteiger partial charge >= 0.3 is 0 Å². The van der Waals surface area contributed by atoms with Gasteiger partial charge in [-0.2, -0.15) is 31.0 Å². The molecule has 8 nitrogen and oxygen atoms in total. The molecule has 0 spiro atoms. The standard InChI is InChI=1S/C16H28N4O2.C8H18N2/c1-13(2,21-7)9-15(5,11-17)19-20-16(6,12-18)10-14(3,4)22-8;1-7(2,3)9-10-8(4,5)6/h9-10H2,1-8H3;1-6H3. The van der Waals surface area contributed by atoms with Gasteiger partial charge in [-0.1, -0.05) is 0 Å². The van der Waals surface area contributed by atoms with Crippen LogP contribution in [0.1, 0.15) is 95.9 Å². The number of hydrogen-bond donors (Lipinski definition) is 0. The van der Waals surface area contributed by atoms with Gasteiger partial charge in [-0.15, -0.1) is 0 Å². The third kappa shape index (κ3) is 15.8. The van der Waals surface area contributed by atoms with Crippen molar-refractivity contribution in [3.8, 4) is 12.1 Å². The van der Waals surface area contributed by atoms with E-state index in [1.807, 2.05) is 69.2 Å². The van der Waals surface area contributed by atoms with Gasteiger partial charge in [0.25, 0.3) is 0 Å². The molecule has 184 valence electrons. The maximum atomic E-state index is 9.43. The van der Waals surface area contributed by atoms with E-state index in [0.717, 1.165) is 0 Å². The summed E-state index contributed by atoms with van der Waals surface area (Å²) in [5, 5.41) is 35.5. The number of methoxy groups -OCH3 is 2. The predicted octanol–water partition coefficient (Wildman–Crippen LogP) is 6.67. The van der Waals surface area contributed by atoms with Gasteiger partial charge in [0.2, 0.25) is 0 Å². The Morgan fingerprint density at radius 3 is 0.938 bits per heavy atom. The molecular weight excluding hydrogens is 404 g/mol. The van der Waals surface area contributed by atoms with Crippen molar-refractivity contribution < 1.29 is 9.47 Å². The summed E-state index contributed by atoms with van der Waals surface area (Å²) in [5.74, 6) is 0. The number of nitrogens with zero attached hydrogens (tertiary/aromatic N) is 6. The summed E-state index contributed by atoms with van der Waals surface area (Å²) in [6, 6.07) is 4.32. The van der Waals surface area contributed by atoms with Crippen molar-refractivity contribution >= 4 is 0 Å². The molecule has 0 saturated carbocycles. The lowest BCUT2D eigenvalue weighted by atomic mass is 9.88. The van der Waals surface area contributed by atoms with E-state index in [2.05, 4.69) is 32.6 Å². The van der Waals surface area contributed by atoms with E-state index in [1.54, 1.807) is 28.1 Å². The summed E-state index contributed by atoms with van der Waals surface area (Å²) in [5.41, 5.74) is -3.17. The first-order valence-corrected chi connectivity index (χ1v) is 10.9. The number of ether oxygens (including phenoxy) is 2. The minimum absolute atomic E-state index is 0.0344. The van der Waals surface area contributed by atoms with Crippen molar-refractivity contribution in [2.24, 2.45) is 20.5 Å². The second-order valence-corrected chi connectivity index (χ2v) is 11.8. The summed E-state index contributed by atoms with van der Waals surface area (Å²) in [6.07, 6.45) is 0.761. The topological polar surface area (TPSA) is 115 Å². The van der Waals surface area contributed by atoms with Crippen molar-refractivity contribution in [3.63, 3.8) is 0 Å². The summed E-state index contributed by atoms with van der Waals surface area (Å²) in [6.45, 7) is 23.2. The van der Waals surface area contributed by atoms with Crippen LogP contribution in [0.25, 0.3) is 0 Å². The molecule has 0 rings (SSSR count). The minimum atomic E-state index is -1.05. The Morgan fingerprint density at radius 2 is 0.781 bits per heavy atom. The minimum Gasteiger partial charge on any atom is -0.379 e. The van der Waals surface area contributed by atoms with Crippen LogP contribution < -0.4 is 0 Å². The first-order chi connectivity index (χ1) is 14.1. The Hall–Kier alpha value is -1.90. The molecule has 0 aliphatic rings. The Labute approximate surface area is 196 Å². The van der Waals surface area contributed by atoms with E-state index in [-0.39, 0.29) is 11.1 Å². The molecular formula is C24H46N6O2. The highest BCUT2D eigenvalue weighted by Gasteiger charge is 2.37. The molecule has 0 bridgehead atoms. The average Bonchev–Trinajstić information content (AvgIpc) is 2.64. The molecule has 0 amide bonds. The van der Waals surface area contributed by atoms with Crippen LogP contribution in [0, 0.1) is 22.7 Å². The fourth-order valence-corrected chi connectivity index (χ4v) is 2.52. The SMILES string of the molecule is CC(C)(C)N=NC(C)(C)C.COC(C)(C)CC(C)(C#N)N=NC(C)(C#N)CC(C)(C)OC. The Bertz CT molecular complexity index is 657. The Morgan fingerprint density at radius 1 is 0.531 bits per heavy atom. The van der Waals surface area contributed by atoms with Gasteiger partial charge in [-0.3, -0.25) is 0 Å². The highest BCUT2D eigenvalue weighted by atomic mass is 16.5. The first-order valence-electron chi connectivity index (χ1n) is 10.9. The van der Waals surface area contributed by atoms with E-state index in [4.69, 9.17) is 9.47 Å². The molecule has 2 atom stereocenters. The number of hydrogen-bond acceptors (Lipinski definition) is 8. The zero-order valence-electron chi connectivity index (χ0n) is 22.9. The van der Waals surface area contributed by atoms with Gasteiger partial charge in [0.15, 0.2) is 11.1 Å². The molecule has 0 heterocycles. The lowest BCUT2D eigenvalue weighted by Crippen LogP contribution is -2.37. The van der Waals surface area contributed by atoms with Crippen molar-refractivity contribution in [1.82, 2.24) is 0 Å².